The van der Waals surface area contributed by atoms with E-state index in [-0.39, 0.29) is 12.2 Å². The molecule has 2 rings (SSSR count). The minimum atomic E-state index is -0.468. The van der Waals surface area contributed by atoms with Gasteiger partial charge < -0.3 is 14.8 Å². The van der Waals surface area contributed by atoms with Gasteiger partial charge in [-0.25, -0.2) is 4.79 Å². The van der Waals surface area contributed by atoms with Gasteiger partial charge in [-0.2, -0.15) is 5.26 Å². The van der Waals surface area contributed by atoms with Crippen LogP contribution in [-0.4, -0.2) is 25.6 Å². The Labute approximate surface area is 164 Å². The molecule has 6 heteroatoms. The Hall–Kier alpha value is -3.59. The second-order valence-electron chi connectivity index (χ2n) is 6.19. The summed E-state index contributed by atoms with van der Waals surface area (Å²) in [5.74, 6) is -0.327. The number of esters is 1. The smallest absolute Gasteiger partial charge is 0.343 e. The maximum absolute atomic E-state index is 12.3. The van der Waals surface area contributed by atoms with E-state index in [0.717, 1.165) is 16.7 Å². The van der Waals surface area contributed by atoms with Gasteiger partial charge in [-0.05, 0) is 54.3 Å². The van der Waals surface area contributed by atoms with E-state index >= 15 is 0 Å². The number of amides is 1. The highest BCUT2D eigenvalue weighted by molar-refractivity contribution is 6.01. The van der Waals surface area contributed by atoms with E-state index in [4.69, 9.17) is 4.74 Å². The van der Waals surface area contributed by atoms with Crippen molar-refractivity contribution in [3.8, 4) is 11.8 Å². The van der Waals surface area contributed by atoms with Gasteiger partial charge in [0.05, 0.1) is 7.11 Å². The fourth-order valence-corrected chi connectivity index (χ4v) is 2.67. The third-order valence-corrected chi connectivity index (χ3v) is 4.02. The van der Waals surface area contributed by atoms with Gasteiger partial charge >= 0.3 is 5.97 Å². The van der Waals surface area contributed by atoms with Crippen LogP contribution in [-0.2, 0) is 20.9 Å². The van der Waals surface area contributed by atoms with Crippen molar-refractivity contribution in [1.29, 1.82) is 5.26 Å². The minimum Gasteiger partial charge on any atom is -0.481 e. The van der Waals surface area contributed by atoms with Gasteiger partial charge in [0, 0.05) is 6.54 Å². The predicted octanol–water partition coefficient (Wildman–Crippen LogP) is 3.08. The van der Waals surface area contributed by atoms with Crippen LogP contribution in [0.25, 0.3) is 6.08 Å². The van der Waals surface area contributed by atoms with Crippen molar-refractivity contribution >= 4 is 18.0 Å². The van der Waals surface area contributed by atoms with Crippen molar-refractivity contribution in [2.24, 2.45) is 0 Å². The third kappa shape index (κ3) is 5.71. The molecule has 2 aromatic carbocycles. The highest BCUT2D eigenvalue weighted by atomic mass is 16.6. The Morgan fingerprint density at radius 1 is 1.14 bits per heavy atom. The Balaban J connectivity index is 2.13. The van der Waals surface area contributed by atoms with E-state index in [1.165, 1.54) is 13.2 Å². The minimum absolute atomic E-state index is 0.0120. The number of nitriles is 1. The molecule has 0 spiro atoms. The van der Waals surface area contributed by atoms with Gasteiger partial charge in [0.2, 0.25) is 0 Å². The summed E-state index contributed by atoms with van der Waals surface area (Å²) in [6.07, 6.45) is 1.53. The summed E-state index contributed by atoms with van der Waals surface area (Å²) in [5, 5.41) is 12.1. The van der Waals surface area contributed by atoms with Crippen LogP contribution >= 0.6 is 0 Å². The largest absolute Gasteiger partial charge is 0.481 e. The van der Waals surface area contributed by atoms with Crippen LogP contribution in [0.3, 0.4) is 0 Å². The summed E-state index contributed by atoms with van der Waals surface area (Å²) in [4.78, 5) is 23.6. The molecule has 2 aromatic rings. The zero-order valence-electron chi connectivity index (χ0n) is 16.1. The van der Waals surface area contributed by atoms with Gasteiger partial charge in [0.1, 0.15) is 17.4 Å². The summed E-state index contributed by atoms with van der Waals surface area (Å²) in [5.41, 5.74) is 3.24. The number of rotatable bonds is 7. The molecule has 0 fully saturated rings. The van der Waals surface area contributed by atoms with Crippen LogP contribution in [0.15, 0.2) is 48.0 Å². The zero-order valence-corrected chi connectivity index (χ0v) is 16.1. The highest BCUT2D eigenvalue weighted by Gasteiger charge is 2.12. The molecular weight excluding hydrogens is 356 g/mol. The van der Waals surface area contributed by atoms with Gasteiger partial charge in [-0.3, -0.25) is 4.79 Å². The average molecular weight is 378 g/mol. The topological polar surface area (TPSA) is 88.4 Å². The number of nitrogens with zero attached hydrogens (tertiary/aromatic N) is 1. The summed E-state index contributed by atoms with van der Waals surface area (Å²) < 4.78 is 10.1. The lowest BCUT2D eigenvalue weighted by atomic mass is 10.0. The lowest BCUT2D eigenvalue weighted by molar-refractivity contribution is -0.142. The maximum atomic E-state index is 12.3. The van der Waals surface area contributed by atoms with Crippen molar-refractivity contribution in [2.45, 2.75) is 20.4 Å². The van der Waals surface area contributed by atoms with Crippen LogP contribution in [0.2, 0.25) is 0 Å². The van der Waals surface area contributed by atoms with Crippen molar-refractivity contribution in [2.75, 3.05) is 13.7 Å². The SMILES string of the molecule is COC(=O)COc1c(C)cc(C=C(C#N)C(=O)NCc2ccccc2)cc1C. The monoisotopic (exact) mass is 378 g/mol. The number of aryl methyl sites for hydroxylation is 2. The molecule has 1 amide bonds. The average Bonchev–Trinajstić information content (AvgIpc) is 2.70. The maximum Gasteiger partial charge on any atom is 0.343 e. The van der Waals surface area contributed by atoms with Crippen LogP contribution in [0, 0.1) is 25.2 Å². The second kappa shape index (κ2) is 9.93. The molecule has 0 aliphatic heterocycles. The standard InChI is InChI=1S/C22H22N2O4/c1-15-9-18(10-16(2)21(15)28-14-20(25)27-3)11-19(12-23)22(26)24-13-17-7-5-4-6-8-17/h4-11H,13-14H2,1-3H3,(H,24,26). The number of hydrogen-bond acceptors (Lipinski definition) is 5. The summed E-state index contributed by atoms with van der Waals surface area (Å²) in [7, 11) is 1.30. The Kier molecular flexibility index (Phi) is 7.35. The Bertz CT molecular complexity index is 904. The fraction of sp³-hybridized carbons (Fsp3) is 0.227. The molecule has 0 heterocycles. The molecule has 0 saturated heterocycles. The quantitative estimate of drug-likeness (QED) is 0.454. The van der Waals surface area contributed by atoms with E-state index in [1.807, 2.05) is 50.2 Å². The van der Waals surface area contributed by atoms with Crippen LogP contribution < -0.4 is 10.1 Å². The molecule has 0 saturated carbocycles. The first-order chi connectivity index (χ1) is 13.4. The molecule has 1 N–H and O–H groups in total. The molecule has 28 heavy (non-hydrogen) atoms. The number of ether oxygens (including phenoxy) is 2. The number of hydrogen-bond donors (Lipinski definition) is 1. The lowest BCUT2D eigenvalue weighted by Crippen LogP contribution is -2.23. The highest BCUT2D eigenvalue weighted by Crippen LogP contribution is 2.26. The first-order valence-electron chi connectivity index (χ1n) is 8.69. The van der Waals surface area contributed by atoms with Crippen molar-refractivity contribution in [3.63, 3.8) is 0 Å². The predicted molar refractivity (Wildman–Crippen MR) is 105 cm³/mol. The fourth-order valence-electron chi connectivity index (χ4n) is 2.67. The summed E-state index contributed by atoms with van der Waals surface area (Å²) in [6, 6.07) is 15.0. The third-order valence-electron chi connectivity index (χ3n) is 4.02. The molecule has 0 radical (unpaired) electrons. The van der Waals surface area contributed by atoms with Gasteiger partial charge in [-0.1, -0.05) is 30.3 Å². The normalized spacial score (nSPS) is 10.7. The molecule has 0 aliphatic rings. The van der Waals surface area contributed by atoms with Crippen molar-refractivity contribution < 1.29 is 19.1 Å². The number of carbonyl (C=O) groups excluding carboxylic acids is 2. The molecule has 0 atom stereocenters. The van der Waals surface area contributed by atoms with Crippen molar-refractivity contribution in [1.82, 2.24) is 5.32 Å². The first-order valence-corrected chi connectivity index (χ1v) is 8.69. The molecule has 6 nitrogen and oxygen atoms in total. The zero-order chi connectivity index (χ0) is 20.5. The number of benzene rings is 2. The van der Waals surface area contributed by atoms with Gasteiger partial charge in [0.15, 0.2) is 6.61 Å². The number of nitrogens with one attached hydrogen (secondary N) is 1. The number of methoxy groups -OCH3 is 1. The molecule has 0 aliphatic carbocycles. The molecule has 0 unspecified atom stereocenters. The number of carbonyl (C=O) groups is 2. The van der Waals surface area contributed by atoms with E-state index in [2.05, 4.69) is 10.1 Å². The Morgan fingerprint density at radius 2 is 1.79 bits per heavy atom. The van der Waals surface area contributed by atoms with E-state index in [1.54, 1.807) is 12.1 Å². The van der Waals surface area contributed by atoms with Crippen LogP contribution in [0.4, 0.5) is 0 Å². The summed E-state index contributed by atoms with van der Waals surface area (Å²) in [6.45, 7) is 3.83. The van der Waals surface area contributed by atoms with E-state index < -0.39 is 11.9 Å². The lowest BCUT2D eigenvalue weighted by Gasteiger charge is -2.12. The van der Waals surface area contributed by atoms with E-state index in [9.17, 15) is 14.9 Å². The molecular formula is C22H22N2O4. The summed E-state index contributed by atoms with van der Waals surface area (Å²) >= 11 is 0. The molecule has 144 valence electrons. The van der Waals surface area contributed by atoms with Crippen LogP contribution in [0.5, 0.6) is 5.75 Å². The molecule has 0 bridgehead atoms. The first kappa shape index (κ1) is 20.7. The van der Waals surface area contributed by atoms with Crippen LogP contribution in [0.1, 0.15) is 22.3 Å². The van der Waals surface area contributed by atoms with Gasteiger partial charge in [-0.15, -0.1) is 0 Å². The van der Waals surface area contributed by atoms with E-state index in [0.29, 0.717) is 17.9 Å². The Morgan fingerprint density at radius 3 is 2.36 bits per heavy atom. The molecule has 0 aromatic heterocycles. The van der Waals surface area contributed by atoms with Crippen molar-refractivity contribution in [3.05, 3.63) is 70.3 Å². The second-order valence-corrected chi connectivity index (χ2v) is 6.19. The van der Waals surface area contributed by atoms with Gasteiger partial charge in [0.25, 0.3) is 5.91 Å².